The number of thioether (sulfide) groups is 1. The number of aliphatic imine (C=N–C) groups is 1. The quantitative estimate of drug-likeness (QED) is 0.487. The van der Waals surface area contributed by atoms with Crippen molar-refractivity contribution in [2.45, 2.75) is 19.1 Å². The standard InChI is InChI=1S/C20H16ClF3N4S/c21-14-6-8-16(9-7-14)27-12-17-18(26-19(27)29-11-10-20(22,23)24)28(13-25-17)15-4-2-1-3-5-15/h1-9,13H,10-12H2. The van der Waals surface area contributed by atoms with Gasteiger partial charge in [0.05, 0.1) is 13.0 Å². The van der Waals surface area contributed by atoms with Crippen molar-refractivity contribution in [2.75, 3.05) is 10.7 Å². The van der Waals surface area contributed by atoms with Crippen molar-refractivity contribution < 1.29 is 13.2 Å². The van der Waals surface area contributed by atoms with Crippen LogP contribution in [-0.2, 0) is 6.54 Å². The molecule has 0 saturated heterocycles. The van der Waals surface area contributed by atoms with Gasteiger partial charge < -0.3 is 4.90 Å². The maximum Gasteiger partial charge on any atom is 0.389 e. The molecule has 0 aliphatic carbocycles. The van der Waals surface area contributed by atoms with Gasteiger partial charge in [-0.2, -0.15) is 13.2 Å². The zero-order valence-corrected chi connectivity index (χ0v) is 16.7. The first-order valence-electron chi connectivity index (χ1n) is 8.84. The van der Waals surface area contributed by atoms with Crippen molar-refractivity contribution in [2.24, 2.45) is 4.99 Å². The summed E-state index contributed by atoms with van der Waals surface area (Å²) in [5.74, 6) is 0.525. The summed E-state index contributed by atoms with van der Waals surface area (Å²) in [4.78, 5) is 11.0. The average molecular weight is 437 g/mol. The Kier molecular flexibility index (Phi) is 5.56. The molecule has 0 radical (unpaired) electrons. The van der Waals surface area contributed by atoms with E-state index in [2.05, 4.69) is 9.98 Å². The second kappa shape index (κ2) is 8.12. The maximum absolute atomic E-state index is 12.7. The number of aromatic nitrogens is 2. The molecular weight excluding hydrogens is 421 g/mol. The summed E-state index contributed by atoms with van der Waals surface area (Å²) in [7, 11) is 0. The first-order valence-corrected chi connectivity index (χ1v) is 10.2. The lowest BCUT2D eigenvalue weighted by molar-refractivity contribution is -0.129. The Balaban J connectivity index is 1.69. The Hall–Kier alpha value is -2.45. The molecule has 0 bridgehead atoms. The number of imidazole rings is 1. The van der Waals surface area contributed by atoms with Crippen LogP contribution in [0.5, 0.6) is 0 Å². The molecule has 1 aliphatic heterocycles. The summed E-state index contributed by atoms with van der Waals surface area (Å²) < 4.78 is 39.8. The van der Waals surface area contributed by atoms with Gasteiger partial charge in [0.25, 0.3) is 0 Å². The van der Waals surface area contributed by atoms with E-state index in [0.29, 0.717) is 22.6 Å². The lowest BCUT2D eigenvalue weighted by Crippen LogP contribution is -2.31. The first kappa shape index (κ1) is 19.8. The molecule has 9 heteroatoms. The number of halogens is 4. The fourth-order valence-electron chi connectivity index (χ4n) is 2.95. The van der Waals surface area contributed by atoms with Crippen LogP contribution in [0.1, 0.15) is 12.1 Å². The SMILES string of the molecule is FC(F)(F)CCSC1=Nc2c(ncn2-c2ccccc2)CN1c1ccc(Cl)cc1. The summed E-state index contributed by atoms with van der Waals surface area (Å²) in [5, 5.41) is 1.09. The molecule has 0 amide bonds. The number of amidine groups is 1. The number of hydrogen-bond acceptors (Lipinski definition) is 4. The van der Waals surface area contributed by atoms with E-state index in [9.17, 15) is 13.2 Å². The molecule has 3 aromatic rings. The highest BCUT2D eigenvalue weighted by atomic mass is 35.5. The topological polar surface area (TPSA) is 33.4 Å². The summed E-state index contributed by atoms with van der Waals surface area (Å²) in [6.45, 7) is 0.411. The monoisotopic (exact) mass is 436 g/mol. The summed E-state index contributed by atoms with van der Waals surface area (Å²) in [6.07, 6.45) is -3.40. The number of alkyl halides is 3. The van der Waals surface area contributed by atoms with Gasteiger partial charge in [-0.3, -0.25) is 4.57 Å². The van der Waals surface area contributed by atoms with Gasteiger partial charge >= 0.3 is 6.18 Å². The minimum Gasteiger partial charge on any atom is -0.315 e. The zero-order chi connectivity index (χ0) is 20.4. The third-order valence-corrected chi connectivity index (χ3v) is 5.58. The van der Waals surface area contributed by atoms with Crippen LogP contribution in [0.4, 0.5) is 24.7 Å². The number of fused-ring (bicyclic) bond motifs is 1. The number of para-hydroxylation sites is 1. The van der Waals surface area contributed by atoms with Crippen LogP contribution in [0.3, 0.4) is 0 Å². The molecule has 0 saturated carbocycles. The van der Waals surface area contributed by atoms with E-state index in [1.807, 2.05) is 51.9 Å². The van der Waals surface area contributed by atoms with E-state index in [0.717, 1.165) is 28.8 Å². The van der Waals surface area contributed by atoms with E-state index in [1.54, 1.807) is 18.5 Å². The average Bonchev–Trinajstić information content (AvgIpc) is 3.11. The summed E-state index contributed by atoms with van der Waals surface area (Å²) >= 11 is 7.06. The molecular formula is C20H16ClF3N4S. The van der Waals surface area contributed by atoms with Crippen LogP contribution in [0.2, 0.25) is 5.02 Å². The van der Waals surface area contributed by atoms with Gasteiger partial charge in [-0.05, 0) is 36.4 Å². The first-order chi connectivity index (χ1) is 13.9. The van der Waals surface area contributed by atoms with Crippen molar-refractivity contribution in [1.29, 1.82) is 0 Å². The highest BCUT2D eigenvalue weighted by Crippen LogP contribution is 2.35. The normalized spacial score (nSPS) is 13.9. The molecule has 4 rings (SSSR count). The molecule has 0 atom stereocenters. The van der Waals surface area contributed by atoms with Crippen molar-refractivity contribution in [3.05, 3.63) is 71.6 Å². The maximum atomic E-state index is 12.7. The van der Waals surface area contributed by atoms with Gasteiger partial charge in [-0.15, -0.1) is 0 Å². The molecule has 2 aromatic carbocycles. The van der Waals surface area contributed by atoms with E-state index in [-0.39, 0.29) is 5.75 Å². The fraction of sp³-hybridized carbons (Fsp3) is 0.200. The van der Waals surface area contributed by atoms with Crippen molar-refractivity contribution in [3.63, 3.8) is 0 Å². The molecule has 150 valence electrons. The van der Waals surface area contributed by atoms with Crippen LogP contribution in [-0.4, -0.2) is 26.6 Å². The van der Waals surface area contributed by atoms with Crippen LogP contribution in [0.15, 0.2) is 65.9 Å². The molecule has 0 N–H and O–H groups in total. The van der Waals surface area contributed by atoms with E-state index in [1.165, 1.54) is 0 Å². The molecule has 4 nitrogen and oxygen atoms in total. The van der Waals surface area contributed by atoms with Gasteiger partial charge in [-0.25, -0.2) is 9.98 Å². The molecule has 1 aliphatic rings. The molecule has 29 heavy (non-hydrogen) atoms. The van der Waals surface area contributed by atoms with E-state index < -0.39 is 12.6 Å². The lowest BCUT2D eigenvalue weighted by atomic mass is 10.2. The van der Waals surface area contributed by atoms with Crippen LogP contribution >= 0.6 is 23.4 Å². The van der Waals surface area contributed by atoms with Crippen LogP contribution < -0.4 is 4.90 Å². The van der Waals surface area contributed by atoms with Gasteiger partial charge in [-0.1, -0.05) is 41.6 Å². The molecule has 0 spiro atoms. The fourth-order valence-corrected chi connectivity index (χ4v) is 4.06. The number of nitrogens with zero attached hydrogens (tertiary/aromatic N) is 4. The summed E-state index contributed by atoms with van der Waals surface area (Å²) in [6, 6.07) is 16.7. The highest BCUT2D eigenvalue weighted by Gasteiger charge is 2.29. The van der Waals surface area contributed by atoms with E-state index >= 15 is 0 Å². The molecule has 1 aromatic heterocycles. The Morgan fingerprint density at radius 1 is 1.00 bits per heavy atom. The Morgan fingerprint density at radius 3 is 2.41 bits per heavy atom. The second-order valence-corrected chi connectivity index (χ2v) is 7.89. The zero-order valence-electron chi connectivity index (χ0n) is 15.1. The highest BCUT2D eigenvalue weighted by molar-refractivity contribution is 8.14. The van der Waals surface area contributed by atoms with Crippen LogP contribution in [0, 0.1) is 0 Å². The lowest BCUT2D eigenvalue weighted by Gasteiger charge is -2.28. The third-order valence-electron chi connectivity index (χ3n) is 4.35. The Labute approximate surface area is 175 Å². The van der Waals surface area contributed by atoms with Gasteiger partial charge in [0.1, 0.15) is 12.0 Å². The third kappa shape index (κ3) is 4.59. The smallest absolute Gasteiger partial charge is 0.315 e. The van der Waals surface area contributed by atoms with Gasteiger partial charge in [0.2, 0.25) is 0 Å². The number of rotatable bonds is 4. The molecule has 2 heterocycles. The number of benzene rings is 2. The van der Waals surface area contributed by atoms with Crippen molar-refractivity contribution >= 4 is 40.0 Å². The van der Waals surface area contributed by atoms with Gasteiger partial charge in [0.15, 0.2) is 11.0 Å². The molecule has 0 unspecified atom stereocenters. The van der Waals surface area contributed by atoms with E-state index in [4.69, 9.17) is 11.6 Å². The number of hydrogen-bond donors (Lipinski definition) is 0. The minimum absolute atomic E-state index is 0.110. The molecule has 0 fully saturated rings. The minimum atomic E-state index is -4.20. The second-order valence-electron chi connectivity index (χ2n) is 6.39. The Bertz CT molecular complexity index is 1020. The summed E-state index contributed by atoms with van der Waals surface area (Å²) in [5.41, 5.74) is 2.45. The number of anilines is 1. The van der Waals surface area contributed by atoms with Gasteiger partial charge in [0, 0.05) is 22.2 Å². The van der Waals surface area contributed by atoms with Crippen molar-refractivity contribution in [3.8, 4) is 5.69 Å². The predicted octanol–water partition coefficient (Wildman–Crippen LogP) is 6.22. The van der Waals surface area contributed by atoms with Crippen LogP contribution in [0.25, 0.3) is 5.69 Å². The predicted molar refractivity (Wildman–Crippen MR) is 111 cm³/mol. The Morgan fingerprint density at radius 2 is 1.72 bits per heavy atom. The largest absolute Gasteiger partial charge is 0.389 e. The van der Waals surface area contributed by atoms with Crippen molar-refractivity contribution in [1.82, 2.24) is 9.55 Å².